The maximum Gasteiger partial charge on any atom is 0.244 e. The van der Waals surface area contributed by atoms with Crippen LogP contribution < -0.4 is 9.64 Å². The fourth-order valence-electron chi connectivity index (χ4n) is 4.22. The predicted molar refractivity (Wildman–Crippen MR) is 131 cm³/mol. The van der Waals surface area contributed by atoms with Crippen LogP contribution in [0.15, 0.2) is 42.6 Å². The highest BCUT2D eigenvalue weighted by atomic mass is 35.5. The van der Waals surface area contributed by atoms with Crippen molar-refractivity contribution >= 4 is 34.8 Å². The van der Waals surface area contributed by atoms with Crippen molar-refractivity contribution in [2.45, 2.75) is 39.4 Å². The number of carbonyl (C=O) groups is 1. The molecule has 1 amide bonds. The molecule has 1 aromatic carbocycles. The average Bonchev–Trinajstić information content (AvgIpc) is 3.09. The van der Waals surface area contributed by atoms with Crippen LogP contribution in [0.3, 0.4) is 0 Å². The third kappa shape index (κ3) is 4.66. The number of anilines is 1. The molecule has 1 saturated heterocycles. The van der Waals surface area contributed by atoms with Gasteiger partial charge in [-0.2, -0.15) is 5.10 Å². The molecule has 174 valence electrons. The van der Waals surface area contributed by atoms with Crippen LogP contribution in [-0.2, 0) is 11.3 Å². The third-order valence-corrected chi connectivity index (χ3v) is 6.86. The number of hydrogen-bond acceptors (Lipinski definition) is 5. The molecule has 2 unspecified atom stereocenters. The van der Waals surface area contributed by atoms with E-state index >= 15 is 0 Å². The number of amides is 1. The van der Waals surface area contributed by atoms with Crippen LogP contribution in [-0.4, -0.2) is 57.9 Å². The first kappa shape index (κ1) is 23.4. The molecule has 4 rings (SSSR count). The smallest absolute Gasteiger partial charge is 0.244 e. The molecule has 3 aromatic rings. The summed E-state index contributed by atoms with van der Waals surface area (Å²) in [5.74, 6) is 0.653. The van der Waals surface area contributed by atoms with Gasteiger partial charge in [-0.3, -0.25) is 14.5 Å². The van der Waals surface area contributed by atoms with Gasteiger partial charge in [-0.15, -0.1) is 0 Å². The Morgan fingerprint density at radius 3 is 2.64 bits per heavy atom. The van der Waals surface area contributed by atoms with E-state index in [2.05, 4.69) is 28.8 Å². The molecule has 9 heteroatoms. The molecule has 7 nitrogen and oxygen atoms in total. The van der Waals surface area contributed by atoms with Crippen molar-refractivity contribution in [3.05, 3.63) is 58.3 Å². The lowest BCUT2D eigenvalue weighted by Crippen LogP contribution is -2.58. The van der Waals surface area contributed by atoms with E-state index < -0.39 is 0 Å². The normalized spacial score (nSPS) is 18.5. The van der Waals surface area contributed by atoms with Crippen LogP contribution in [0.4, 0.5) is 5.69 Å². The summed E-state index contributed by atoms with van der Waals surface area (Å²) in [6.07, 6.45) is 1.70. The lowest BCUT2D eigenvalue weighted by atomic mass is 10.1. The molecule has 3 heterocycles. The van der Waals surface area contributed by atoms with Crippen molar-refractivity contribution in [2.24, 2.45) is 0 Å². The number of ether oxygens (including phenoxy) is 1. The first-order valence-electron chi connectivity index (χ1n) is 10.8. The SMILES string of the molecule is COc1cc(N2CC(C)N(C(=O)Cn3nc(-c4ccccn4)c(Cl)c3C)CC2C)ccc1Cl. The number of benzene rings is 1. The Labute approximate surface area is 203 Å². The van der Waals surface area contributed by atoms with Crippen molar-refractivity contribution in [2.75, 3.05) is 25.1 Å². The molecule has 0 N–H and O–H groups in total. The molecule has 0 aliphatic carbocycles. The molecule has 2 aromatic heterocycles. The van der Waals surface area contributed by atoms with E-state index in [1.165, 1.54) is 0 Å². The zero-order chi connectivity index (χ0) is 23.7. The summed E-state index contributed by atoms with van der Waals surface area (Å²) in [6, 6.07) is 11.5. The average molecular weight is 488 g/mol. The van der Waals surface area contributed by atoms with Gasteiger partial charge in [0.25, 0.3) is 0 Å². The highest BCUT2D eigenvalue weighted by Gasteiger charge is 2.33. The fraction of sp³-hybridized carbons (Fsp3) is 0.375. The third-order valence-electron chi connectivity index (χ3n) is 6.10. The number of methoxy groups -OCH3 is 1. The second kappa shape index (κ2) is 9.61. The zero-order valence-electron chi connectivity index (χ0n) is 19.1. The summed E-state index contributed by atoms with van der Waals surface area (Å²) >= 11 is 12.7. The van der Waals surface area contributed by atoms with Crippen LogP contribution in [0.25, 0.3) is 11.4 Å². The molecule has 1 fully saturated rings. The molecule has 0 saturated carbocycles. The Morgan fingerprint density at radius 1 is 1.15 bits per heavy atom. The van der Waals surface area contributed by atoms with E-state index in [1.807, 2.05) is 48.2 Å². The zero-order valence-corrected chi connectivity index (χ0v) is 20.6. The molecule has 0 spiro atoms. The lowest BCUT2D eigenvalue weighted by Gasteiger charge is -2.45. The molecule has 0 radical (unpaired) electrons. The Balaban J connectivity index is 1.49. The van der Waals surface area contributed by atoms with Crippen molar-refractivity contribution < 1.29 is 9.53 Å². The minimum Gasteiger partial charge on any atom is -0.495 e. The van der Waals surface area contributed by atoms with E-state index in [-0.39, 0.29) is 24.5 Å². The number of halogens is 2. The number of aromatic nitrogens is 3. The van der Waals surface area contributed by atoms with Gasteiger partial charge in [0.15, 0.2) is 0 Å². The number of rotatable bonds is 5. The number of nitrogens with zero attached hydrogens (tertiary/aromatic N) is 5. The van der Waals surface area contributed by atoms with Crippen molar-refractivity contribution in [1.82, 2.24) is 19.7 Å². The molecular formula is C24H27Cl2N5O2. The van der Waals surface area contributed by atoms with Crippen LogP contribution in [0, 0.1) is 6.92 Å². The van der Waals surface area contributed by atoms with E-state index in [1.54, 1.807) is 18.0 Å². The summed E-state index contributed by atoms with van der Waals surface area (Å²) < 4.78 is 7.04. The summed E-state index contributed by atoms with van der Waals surface area (Å²) in [5, 5.41) is 5.68. The van der Waals surface area contributed by atoms with Crippen molar-refractivity contribution in [3.8, 4) is 17.1 Å². The van der Waals surface area contributed by atoms with Crippen LogP contribution >= 0.6 is 23.2 Å². The van der Waals surface area contributed by atoms with Gasteiger partial charge in [0.2, 0.25) is 5.91 Å². The van der Waals surface area contributed by atoms with E-state index in [4.69, 9.17) is 27.9 Å². The number of carbonyl (C=O) groups excluding carboxylic acids is 1. The van der Waals surface area contributed by atoms with Gasteiger partial charge in [0, 0.05) is 43.1 Å². The van der Waals surface area contributed by atoms with E-state index in [9.17, 15) is 4.79 Å². The topological polar surface area (TPSA) is 63.5 Å². The van der Waals surface area contributed by atoms with Crippen LogP contribution in [0.1, 0.15) is 19.5 Å². The summed E-state index contributed by atoms with van der Waals surface area (Å²) in [5.41, 5.74) is 3.05. The quantitative estimate of drug-likeness (QED) is 0.521. The Kier molecular flexibility index (Phi) is 6.81. The maximum absolute atomic E-state index is 13.3. The van der Waals surface area contributed by atoms with Gasteiger partial charge in [0.1, 0.15) is 18.0 Å². The van der Waals surface area contributed by atoms with Crippen LogP contribution in [0.5, 0.6) is 5.75 Å². The summed E-state index contributed by atoms with van der Waals surface area (Å²) in [7, 11) is 1.61. The number of pyridine rings is 1. The van der Waals surface area contributed by atoms with Crippen molar-refractivity contribution in [3.63, 3.8) is 0 Å². The van der Waals surface area contributed by atoms with E-state index in [0.29, 0.717) is 40.3 Å². The fourth-order valence-corrected chi connectivity index (χ4v) is 4.65. The highest BCUT2D eigenvalue weighted by molar-refractivity contribution is 6.33. The first-order valence-corrected chi connectivity index (χ1v) is 11.6. The highest BCUT2D eigenvalue weighted by Crippen LogP contribution is 2.32. The summed E-state index contributed by atoms with van der Waals surface area (Å²) in [4.78, 5) is 21.8. The van der Waals surface area contributed by atoms with Gasteiger partial charge in [-0.25, -0.2) is 0 Å². The second-order valence-corrected chi connectivity index (χ2v) is 9.12. The minimum atomic E-state index is 0.0116. The standard InChI is InChI=1S/C24H27Cl2N5O2/c1-15-13-30(16(2)12-29(15)18-8-9-19(25)21(11-18)33-4)22(32)14-31-17(3)23(26)24(28-31)20-7-5-6-10-27-20/h5-11,15-16H,12-14H2,1-4H3. The van der Waals surface area contributed by atoms with Crippen LogP contribution in [0.2, 0.25) is 10.0 Å². The Morgan fingerprint density at radius 2 is 1.94 bits per heavy atom. The molecule has 0 bridgehead atoms. The maximum atomic E-state index is 13.3. The number of piperazine rings is 1. The van der Waals surface area contributed by atoms with Gasteiger partial charge < -0.3 is 14.5 Å². The first-order chi connectivity index (χ1) is 15.8. The predicted octanol–water partition coefficient (Wildman–Crippen LogP) is 4.69. The minimum absolute atomic E-state index is 0.0116. The summed E-state index contributed by atoms with van der Waals surface area (Å²) in [6.45, 7) is 7.48. The van der Waals surface area contributed by atoms with Crippen molar-refractivity contribution in [1.29, 1.82) is 0 Å². The van der Waals surface area contributed by atoms with E-state index in [0.717, 1.165) is 11.4 Å². The largest absolute Gasteiger partial charge is 0.495 e. The molecule has 1 aliphatic rings. The van der Waals surface area contributed by atoms with Gasteiger partial charge >= 0.3 is 0 Å². The molecule has 33 heavy (non-hydrogen) atoms. The van der Waals surface area contributed by atoms with Gasteiger partial charge in [-0.1, -0.05) is 29.3 Å². The molecule has 1 aliphatic heterocycles. The second-order valence-electron chi connectivity index (χ2n) is 8.34. The Bertz CT molecular complexity index is 1150. The van der Waals surface area contributed by atoms with Gasteiger partial charge in [0.05, 0.1) is 28.5 Å². The molecular weight excluding hydrogens is 461 g/mol. The molecule has 2 atom stereocenters. The number of hydrogen-bond donors (Lipinski definition) is 0. The Hall–Kier alpha value is -2.77. The lowest BCUT2D eigenvalue weighted by molar-refractivity contribution is -0.135. The van der Waals surface area contributed by atoms with Gasteiger partial charge in [-0.05, 0) is 45.0 Å². The monoisotopic (exact) mass is 487 g/mol.